The molecule has 1 rings (SSSR count). The van der Waals surface area contributed by atoms with Gasteiger partial charge in [-0.2, -0.15) is 0 Å². The van der Waals surface area contributed by atoms with Crippen LogP contribution in [-0.4, -0.2) is 7.05 Å². The first-order chi connectivity index (χ1) is 6.15. The predicted molar refractivity (Wildman–Crippen MR) is 53.3 cm³/mol. The number of rotatable bonds is 3. The lowest BCUT2D eigenvalue weighted by atomic mass is 10.0. The van der Waals surface area contributed by atoms with Gasteiger partial charge >= 0.3 is 0 Å². The van der Waals surface area contributed by atoms with E-state index in [1.165, 1.54) is 0 Å². The fourth-order valence-electron chi connectivity index (χ4n) is 1.35. The largest absolute Gasteiger partial charge is 0.316 e. The van der Waals surface area contributed by atoms with Crippen molar-refractivity contribution >= 4 is 0 Å². The maximum absolute atomic E-state index is 13.2. The maximum atomic E-state index is 13.2. The van der Waals surface area contributed by atoms with Crippen molar-refractivity contribution in [1.82, 2.24) is 5.32 Å². The Balaban J connectivity index is 2.97. The summed E-state index contributed by atoms with van der Waals surface area (Å²) in [5.74, 6) is 0.145. The standard InChI is InChI=1S/C11H16FN/c1-8(2)10-6-9(7-13-3)4-5-11(10)12/h4-6,8,13H,7H2,1-3H3. The van der Waals surface area contributed by atoms with Crippen LogP contribution in [0.25, 0.3) is 0 Å². The van der Waals surface area contributed by atoms with E-state index in [4.69, 9.17) is 0 Å². The highest BCUT2D eigenvalue weighted by molar-refractivity contribution is 5.27. The summed E-state index contributed by atoms with van der Waals surface area (Å²) in [5.41, 5.74) is 1.93. The van der Waals surface area contributed by atoms with E-state index in [9.17, 15) is 4.39 Å². The number of halogens is 1. The van der Waals surface area contributed by atoms with Crippen molar-refractivity contribution < 1.29 is 4.39 Å². The Morgan fingerprint density at radius 1 is 1.38 bits per heavy atom. The molecule has 0 bridgehead atoms. The van der Waals surface area contributed by atoms with E-state index < -0.39 is 0 Å². The van der Waals surface area contributed by atoms with E-state index in [-0.39, 0.29) is 11.7 Å². The smallest absolute Gasteiger partial charge is 0.126 e. The first kappa shape index (κ1) is 10.2. The molecule has 0 aliphatic rings. The van der Waals surface area contributed by atoms with Crippen molar-refractivity contribution in [2.24, 2.45) is 0 Å². The lowest BCUT2D eigenvalue weighted by Gasteiger charge is -2.09. The summed E-state index contributed by atoms with van der Waals surface area (Å²) in [7, 11) is 1.89. The van der Waals surface area contributed by atoms with Gasteiger partial charge in [-0.15, -0.1) is 0 Å². The molecule has 1 aromatic carbocycles. The second kappa shape index (κ2) is 4.38. The van der Waals surface area contributed by atoms with Crippen molar-refractivity contribution in [3.05, 3.63) is 35.1 Å². The summed E-state index contributed by atoms with van der Waals surface area (Å²) in [6, 6.07) is 5.29. The molecule has 0 amide bonds. The molecule has 1 N–H and O–H groups in total. The summed E-state index contributed by atoms with van der Waals surface area (Å²) in [5, 5.41) is 3.05. The van der Waals surface area contributed by atoms with Gasteiger partial charge in [-0.1, -0.05) is 26.0 Å². The highest BCUT2D eigenvalue weighted by Gasteiger charge is 2.06. The molecule has 0 heterocycles. The Bertz CT molecular complexity index is 281. The van der Waals surface area contributed by atoms with Gasteiger partial charge in [0.1, 0.15) is 5.82 Å². The third-order valence-electron chi connectivity index (χ3n) is 2.06. The fraction of sp³-hybridized carbons (Fsp3) is 0.455. The fourth-order valence-corrected chi connectivity index (χ4v) is 1.35. The first-order valence-corrected chi connectivity index (χ1v) is 4.58. The molecule has 0 aliphatic carbocycles. The van der Waals surface area contributed by atoms with Crippen LogP contribution in [0.3, 0.4) is 0 Å². The molecular weight excluding hydrogens is 165 g/mol. The van der Waals surface area contributed by atoms with E-state index >= 15 is 0 Å². The number of hydrogen-bond donors (Lipinski definition) is 1. The number of nitrogens with one attached hydrogen (secondary N) is 1. The maximum Gasteiger partial charge on any atom is 0.126 e. The summed E-state index contributed by atoms with van der Waals surface area (Å²) < 4.78 is 13.2. The Hall–Kier alpha value is -0.890. The highest BCUT2D eigenvalue weighted by atomic mass is 19.1. The molecule has 0 saturated heterocycles. The third-order valence-corrected chi connectivity index (χ3v) is 2.06. The van der Waals surface area contributed by atoms with Gasteiger partial charge < -0.3 is 5.32 Å². The van der Waals surface area contributed by atoms with Crippen LogP contribution in [0.5, 0.6) is 0 Å². The lowest BCUT2D eigenvalue weighted by Crippen LogP contribution is -2.06. The molecule has 0 aromatic heterocycles. The Labute approximate surface area is 79.0 Å². The zero-order valence-corrected chi connectivity index (χ0v) is 8.39. The van der Waals surface area contributed by atoms with E-state index in [0.29, 0.717) is 0 Å². The monoisotopic (exact) mass is 181 g/mol. The summed E-state index contributed by atoms with van der Waals surface area (Å²) in [6.45, 7) is 4.79. The molecule has 0 spiro atoms. The molecule has 0 unspecified atom stereocenters. The second-order valence-electron chi connectivity index (χ2n) is 3.54. The molecule has 1 aromatic rings. The van der Waals surface area contributed by atoms with Crippen LogP contribution in [0.4, 0.5) is 4.39 Å². The normalized spacial score (nSPS) is 10.8. The van der Waals surface area contributed by atoms with Crippen molar-refractivity contribution in [3.63, 3.8) is 0 Å². The van der Waals surface area contributed by atoms with Crippen LogP contribution < -0.4 is 5.32 Å². The van der Waals surface area contributed by atoms with Crippen LogP contribution in [0.15, 0.2) is 18.2 Å². The first-order valence-electron chi connectivity index (χ1n) is 4.58. The van der Waals surface area contributed by atoms with Crippen LogP contribution in [0, 0.1) is 5.82 Å². The van der Waals surface area contributed by atoms with Gasteiger partial charge in [0.2, 0.25) is 0 Å². The zero-order chi connectivity index (χ0) is 9.84. The van der Waals surface area contributed by atoms with Gasteiger partial charge in [-0.25, -0.2) is 4.39 Å². The molecule has 0 saturated carbocycles. The second-order valence-corrected chi connectivity index (χ2v) is 3.54. The predicted octanol–water partition coefficient (Wildman–Crippen LogP) is 2.67. The van der Waals surface area contributed by atoms with Gasteiger partial charge in [0.15, 0.2) is 0 Å². The number of benzene rings is 1. The summed E-state index contributed by atoms with van der Waals surface area (Å²) in [6.07, 6.45) is 0. The van der Waals surface area contributed by atoms with Crippen LogP contribution in [0.2, 0.25) is 0 Å². The topological polar surface area (TPSA) is 12.0 Å². The van der Waals surface area contributed by atoms with Gasteiger partial charge in [-0.05, 0) is 30.2 Å². The van der Waals surface area contributed by atoms with Gasteiger partial charge in [0.05, 0.1) is 0 Å². The van der Waals surface area contributed by atoms with Crippen molar-refractivity contribution in [1.29, 1.82) is 0 Å². The minimum absolute atomic E-state index is 0.102. The van der Waals surface area contributed by atoms with Crippen molar-refractivity contribution in [2.75, 3.05) is 7.05 Å². The molecule has 0 fully saturated rings. The van der Waals surface area contributed by atoms with Gasteiger partial charge in [0.25, 0.3) is 0 Å². The molecule has 0 radical (unpaired) electrons. The summed E-state index contributed by atoms with van der Waals surface area (Å²) in [4.78, 5) is 0. The Morgan fingerprint density at radius 2 is 2.08 bits per heavy atom. The Morgan fingerprint density at radius 3 is 2.62 bits per heavy atom. The minimum atomic E-state index is -0.102. The summed E-state index contributed by atoms with van der Waals surface area (Å²) >= 11 is 0. The van der Waals surface area contributed by atoms with Crippen LogP contribution in [-0.2, 0) is 6.54 Å². The van der Waals surface area contributed by atoms with E-state index in [1.807, 2.05) is 33.0 Å². The lowest BCUT2D eigenvalue weighted by molar-refractivity contribution is 0.596. The SMILES string of the molecule is CNCc1ccc(F)c(C(C)C)c1. The molecule has 0 atom stereocenters. The van der Waals surface area contributed by atoms with Crippen molar-refractivity contribution in [2.45, 2.75) is 26.3 Å². The third kappa shape index (κ3) is 2.52. The van der Waals surface area contributed by atoms with Gasteiger partial charge in [-0.3, -0.25) is 0 Å². The van der Waals surface area contributed by atoms with E-state index in [2.05, 4.69) is 5.32 Å². The highest BCUT2D eigenvalue weighted by Crippen LogP contribution is 2.19. The molecule has 13 heavy (non-hydrogen) atoms. The average molecular weight is 181 g/mol. The molecular formula is C11H16FN. The Kier molecular flexibility index (Phi) is 3.43. The van der Waals surface area contributed by atoms with Crippen LogP contribution >= 0.6 is 0 Å². The molecule has 1 nitrogen and oxygen atoms in total. The quantitative estimate of drug-likeness (QED) is 0.756. The zero-order valence-electron chi connectivity index (χ0n) is 8.39. The van der Waals surface area contributed by atoms with Crippen molar-refractivity contribution in [3.8, 4) is 0 Å². The van der Waals surface area contributed by atoms with Gasteiger partial charge in [0, 0.05) is 6.54 Å². The molecule has 0 aliphatic heterocycles. The minimum Gasteiger partial charge on any atom is -0.316 e. The molecule has 72 valence electrons. The van der Waals surface area contributed by atoms with E-state index in [1.54, 1.807) is 6.07 Å². The van der Waals surface area contributed by atoms with Crippen LogP contribution in [0.1, 0.15) is 30.9 Å². The molecule has 2 heteroatoms. The van der Waals surface area contributed by atoms with E-state index in [0.717, 1.165) is 17.7 Å². The average Bonchev–Trinajstić information content (AvgIpc) is 2.08. The number of hydrogen-bond acceptors (Lipinski definition) is 1.